The first-order chi connectivity index (χ1) is 19.8. The van der Waals surface area contributed by atoms with Crippen molar-refractivity contribution in [3.8, 4) is 22.9 Å². The lowest BCUT2D eigenvalue weighted by Crippen LogP contribution is -2.45. The summed E-state index contributed by atoms with van der Waals surface area (Å²) < 4.78 is 49.8. The third-order valence-corrected chi connectivity index (χ3v) is 10.9. The predicted molar refractivity (Wildman–Crippen MR) is 163 cm³/mol. The molecule has 0 aliphatic carbocycles. The van der Waals surface area contributed by atoms with Gasteiger partial charge in [-0.05, 0) is 57.5 Å². The highest BCUT2D eigenvalue weighted by atomic mass is 32.2. The topological polar surface area (TPSA) is 142 Å². The van der Waals surface area contributed by atoms with E-state index in [-0.39, 0.29) is 31.8 Å². The van der Waals surface area contributed by atoms with Gasteiger partial charge in [0.1, 0.15) is 29.5 Å². The van der Waals surface area contributed by atoms with E-state index in [0.29, 0.717) is 34.8 Å². The number of rotatable bonds is 12. The van der Waals surface area contributed by atoms with E-state index in [4.69, 9.17) is 14.2 Å². The molecule has 1 aliphatic heterocycles. The number of aromatic nitrogens is 5. The van der Waals surface area contributed by atoms with Crippen molar-refractivity contribution in [2.75, 3.05) is 31.2 Å². The number of methoxy groups -OCH3 is 1. The van der Waals surface area contributed by atoms with Crippen LogP contribution in [0.3, 0.4) is 0 Å². The molecule has 12 nitrogen and oxygen atoms in total. The molecule has 2 aromatic heterocycles. The van der Waals surface area contributed by atoms with E-state index in [1.165, 1.54) is 4.31 Å². The standard InChI is InChI=1S/C28H42N6O6SSi/c1-18(2)40-25(26-29-14-19(3)15-30-26)20(4)41(36,37)33(11-12-42(6,7)8)28-32-31-27-23-13-22(38-5)9-10-24(23)39-17-21(16-35)34(27)28/h9-10,13-15,18,20-21,25,35H,11-12,16-17H2,1-8H3/t20-,21+,25+/m0/s1. The Hall–Kier alpha value is -3.07. The van der Waals surface area contributed by atoms with Crippen LogP contribution in [0.15, 0.2) is 30.6 Å². The van der Waals surface area contributed by atoms with E-state index < -0.39 is 35.5 Å². The van der Waals surface area contributed by atoms with Gasteiger partial charge in [-0.2, -0.15) is 0 Å². The molecule has 1 N–H and O–H groups in total. The Balaban J connectivity index is 1.87. The summed E-state index contributed by atoms with van der Waals surface area (Å²) in [5, 5.41) is 18.2. The maximum absolute atomic E-state index is 14.6. The number of aryl methyl sites for hydroxylation is 1. The highest BCUT2D eigenvalue weighted by molar-refractivity contribution is 7.93. The Morgan fingerprint density at radius 3 is 2.45 bits per heavy atom. The van der Waals surface area contributed by atoms with Crippen molar-refractivity contribution in [2.45, 2.75) is 76.9 Å². The molecule has 4 rings (SSSR count). The molecule has 3 atom stereocenters. The lowest BCUT2D eigenvalue weighted by Gasteiger charge is -2.33. The van der Waals surface area contributed by atoms with Gasteiger partial charge in [-0.25, -0.2) is 22.7 Å². The molecule has 0 saturated carbocycles. The van der Waals surface area contributed by atoms with Crippen LogP contribution in [0.5, 0.6) is 11.5 Å². The number of aliphatic hydroxyl groups is 1. The van der Waals surface area contributed by atoms with Gasteiger partial charge in [-0.1, -0.05) is 19.6 Å². The van der Waals surface area contributed by atoms with E-state index in [1.54, 1.807) is 49.2 Å². The van der Waals surface area contributed by atoms with Crippen LogP contribution < -0.4 is 13.8 Å². The highest BCUT2D eigenvalue weighted by Gasteiger charge is 2.42. The van der Waals surface area contributed by atoms with Crippen molar-refractivity contribution in [3.63, 3.8) is 0 Å². The van der Waals surface area contributed by atoms with Crippen LogP contribution >= 0.6 is 0 Å². The maximum Gasteiger partial charge on any atom is 0.243 e. The van der Waals surface area contributed by atoms with Crippen molar-refractivity contribution in [1.82, 2.24) is 24.7 Å². The van der Waals surface area contributed by atoms with Crippen molar-refractivity contribution < 1.29 is 27.7 Å². The van der Waals surface area contributed by atoms with Gasteiger partial charge in [-0.3, -0.25) is 4.57 Å². The lowest BCUT2D eigenvalue weighted by molar-refractivity contribution is 0.00139. The molecule has 0 saturated heterocycles. The first-order valence-corrected chi connectivity index (χ1v) is 19.3. The Labute approximate surface area is 249 Å². The molecule has 3 aromatic rings. The van der Waals surface area contributed by atoms with Crippen LogP contribution in [0.1, 0.15) is 44.3 Å². The molecule has 0 spiro atoms. The van der Waals surface area contributed by atoms with Crippen LogP contribution in [0.25, 0.3) is 11.4 Å². The van der Waals surface area contributed by atoms with E-state index >= 15 is 0 Å². The van der Waals surface area contributed by atoms with Gasteiger partial charge in [0.05, 0.1) is 31.4 Å². The first kappa shape index (κ1) is 31.9. The Kier molecular flexibility index (Phi) is 9.60. The summed E-state index contributed by atoms with van der Waals surface area (Å²) >= 11 is 0. The zero-order valence-electron chi connectivity index (χ0n) is 25.6. The molecule has 0 unspecified atom stereocenters. The number of benzene rings is 1. The zero-order chi connectivity index (χ0) is 30.8. The van der Waals surface area contributed by atoms with Gasteiger partial charge >= 0.3 is 0 Å². The number of nitrogens with zero attached hydrogens (tertiary/aromatic N) is 6. The summed E-state index contributed by atoms with van der Waals surface area (Å²) in [6.45, 7) is 13.7. The smallest absolute Gasteiger partial charge is 0.243 e. The first-order valence-electron chi connectivity index (χ1n) is 14.1. The predicted octanol–water partition coefficient (Wildman–Crippen LogP) is 4.01. The summed E-state index contributed by atoms with van der Waals surface area (Å²) in [5.74, 6) is 1.91. The van der Waals surface area contributed by atoms with Crippen LogP contribution in [0.4, 0.5) is 5.95 Å². The second-order valence-corrected chi connectivity index (χ2v) is 19.9. The number of anilines is 1. The maximum atomic E-state index is 14.6. The number of hydrogen-bond acceptors (Lipinski definition) is 10. The summed E-state index contributed by atoms with van der Waals surface area (Å²) in [6, 6.07) is 5.34. The Morgan fingerprint density at radius 1 is 1.17 bits per heavy atom. The van der Waals surface area contributed by atoms with Crippen molar-refractivity contribution in [1.29, 1.82) is 0 Å². The summed E-state index contributed by atoms with van der Waals surface area (Å²) in [7, 11) is -4.30. The fraction of sp³-hybridized carbons (Fsp3) is 0.571. The van der Waals surface area contributed by atoms with Gasteiger partial charge in [0, 0.05) is 27.0 Å². The Morgan fingerprint density at radius 2 is 1.86 bits per heavy atom. The highest BCUT2D eigenvalue weighted by Crippen LogP contribution is 2.40. The molecule has 0 amide bonds. The van der Waals surface area contributed by atoms with Crippen molar-refractivity contribution in [2.24, 2.45) is 0 Å². The number of hydrogen-bond donors (Lipinski definition) is 1. The molecular formula is C28H42N6O6SSi. The van der Waals surface area contributed by atoms with Crippen LogP contribution in [0.2, 0.25) is 25.7 Å². The van der Waals surface area contributed by atoms with Crippen LogP contribution in [-0.4, -0.2) is 84.6 Å². The number of fused-ring (bicyclic) bond motifs is 3. The monoisotopic (exact) mass is 618 g/mol. The molecule has 42 heavy (non-hydrogen) atoms. The largest absolute Gasteiger partial charge is 0.497 e. The molecule has 0 fully saturated rings. The second-order valence-electron chi connectivity index (χ2n) is 12.1. The minimum atomic E-state index is -4.14. The molecular weight excluding hydrogens is 576 g/mol. The molecule has 1 aliphatic rings. The molecule has 3 heterocycles. The van der Waals surface area contributed by atoms with Gasteiger partial charge in [0.2, 0.25) is 16.0 Å². The normalized spacial score (nSPS) is 16.7. The van der Waals surface area contributed by atoms with Gasteiger partial charge in [-0.15, -0.1) is 10.2 Å². The summed E-state index contributed by atoms with van der Waals surface area (Å²) in [4.78, 5) is 8.83. The number of sulfonamides is 1. The van der Waals surface area contributed by atoms with E-state index in [1.807, 2.05) is 20.8 Å². The van der Waals surface area contributed by atoms with Gasteiger partial charge in [0.25, 0.3) is 0 Å². The lowest BCUT2D eigenvalue weighted by atomic mass is 10.1. The Bertz CT molecular complexity index is 1470. The molecule has 230 valence electrons. The third kappa shape index (κ3) is 6.77. The van der Waals surface area contributed by atoms with E-state index in [2.05, 4.69) is 39.8 Å². The van der Waals surface area contributed by atoms with Crippen LogP contribution in [0, 0.1) is 6.92 Å². The number of ether oxygens (including phenoxy) is 3. The summed E-state index contributed by atoms with van der Waals surface area (Å²) in [6.07, 6.45) is 2.09. The molecule has 0 radical (unpaired) electrons. The second kappa shape index (κ2) is 12.7. The fourth-order valence-electron chi connectivity index (χ4n) is 4.66. The number of aliphatic hydroxyl groups excluding tert-OH is 1. The quantitative estimate of drug-likeness (QED) is 0.296. The van der Waals surface area contributed by atoms with E-state index in [0.717, 1.165) is 5.56 Å². The van der Waals surface area contributed by atoms with E-state index in [9.17, 15) is 13.5 Å². The molecule has 1 aromatic carbocycles. The van der Waals surface area contributed by atoms with Crippen LogP contribution in [-0.2, 0) is 14.8 Å². The summed E-state index contributed by atoms with van der Waals surface area (Å²) in [5.41, 5.74) is 1.45. The average Bonchev–Trinajstić information content (AvgIpc) is 3.28. The van der Waals surface area contributed by atoms with Gasteiger partial charge < -0.3 is 19.3 Å². The third-order valence-electron chi connectivity index (χ3n) is 7.08. The molecule has 0 bridgehead atoms. The van der Waals surface area contributed by atoms with Crippen molar-refractivity contribution in [3.05, 3.63) is 42.0 Å². The fourth-order valence-corrected chi connectivity index (χ4v) is 7.32. The minimum absolute atomic E-state index is 0.0988. The SMILES string of the molecule is COc1ccc2c(c1)-c1nnc(N(CC[Si](C)(C)C)S(=O)(=O)[C@@H](C)[C@@H](OC(C)C)c3ncc(C)cn3)n1[C@H](CO)CO2. The average molecular weight is 619 g/mol. The van der Waals surface area contributed by atoms with Crippen molar-refractivity contribution >= 4 is 24.0 Å². The molecule has 14 heteroatoms. The van der Waals surface area contributed by atoms with Gasteiger partial charge in [0.15, 0.2) is 11.6 Å². The zero-order valence-corrected chi connectivity index (χ0v) is 27.4. The minimum Gasteiger partial charge on any atom is -0.497 e.